The topological polar surface area (TPSA) is 22.0 Å². The van der Waals surface area contributed by atoms with Crippen molar-refractivity contribution in [2.24, 2.45) is 0 Å². The largest absolute Gasteiger partial charge is 0.310 e. The highest BCUT2D eigenvalue weighted by molar-refractivity contribution is 14.1. The number of rotatable bonds is 2. The summed E-state index contributed by atoms with van der Waals surface area (Å²) < 4.78 is 28.6. The molecule has 0 radical (unpaired) electrons. The van der Waals surface area contributed by atoms with Gasteiger partial charge in [-0.2, -0.15) is 0 Å². The Kier molecular flexibility index (Phi) is 3.56. The van der Waals surface area contributed by atoms with Gasteiger partial charge in [0.2, 0.25) is 0 Å². The van der Waals surface area contributed by atoms with E-state index in [-0.39, 0.29) is 17.7 Å². The van der Waals surface area contributed by atoms with Crippen LogP contribution >= 0.6 is 22.6 Å². The molecule has 2 aromatic rings. The molecule has 0 spiro atoms. The van der Waals surface area contributed by atoms with Gasteiger partial charge in [-0.1, -0.05) is 0 Å². The lowest BCUT2D eigenvalue weighted by molar-refractivity contribution is 0.574. The second-order valence-corrected chi connectivity index (χ2v) is 4.79. The van der Waals surface area contributed by atoms with Gasteiger partial charge in [-0.15, -0.1) is 0 Å². The zero-order valence-corrected chi connectivity index (χ0v) is 10.8. The molecule has 0 bridgehead atoms. The van der Waals surface area contributed by atoms with Gasteiger partial charge in [0.05, 0.1) is 6.54 Å². The normalized spacial score (nSPS) is 10.5. The van der Waals surface area contributed by atoms with Crippen LogP contribution in [0.3, 0.4) is 0 Å². The zero-order chi connectivity index (χ0) is 12.4. The van der Waals surface area contributed by atoms with Crippen LogP contribution in [0.15, 0.2) is 41.3 Å². The van der Waals surface area contributed by atoms with Gasteiger partial charge in [0.1, 0.15) is 11.6 Å². The zero-order valence-electron chi connectivity index (χ0n) is 8.66. The Bertz CT molecular complexity index is 610. The first-order chi connectivity index (χ1) is 8.06. The predicted molar refractivity (Wildman–Crippen MR) is 68.9 cm³/mol. The van der Waals surface area contributed by atoms with Crippen LogP contribution in [0.5, 0.6) is 0 Å². The van der Waals surface area contributed by atoms with Crippen LogP contribution in [0.4, 0.5) is 8.78 Å². The smallest absolute Gasteiger partial charge is 0.250 e. The maximum atomic E-state index is 13.4. The van der Waals surface area contributed by atoms with E-state index in [1.807, 2.05) is 0 Å². The number of benzene rings is 1. The first kappa shape index (κ1) is 12.2. The Hall–Kier alpha value is -1.24. The summed E-state index contributed by atoms with van der Waals surface area (Å²) in [6.45, 7) is 0.0271. The molecule has 0 atom stereocenters. The Labute approximate surface area is 110 Å². The van der Waals surface area contributed by atoms with Crippen LogP contribution in [-0.4, -0.2) is 4.57 Å². The standard InChI is InChI=1S/C12H8F2INO/c13-9-1-3-11(14)8(5-9)6-16-7-10(15)2-4-12(16)17/h1-5,7H,6H2. The average molecular weight is 347 g/mol. The fourth-order valence-corrected chi connectivity index (χ4v) is 1.99. The summed E-state index contributed by atoms with van der Waals surface area (Å²) in [5, 5.41) is 0. The first-order valence-electron chi connectivity index (χ1n) is 4.86. The Morgan fingerprint density at radius 3 is 2.71 bits per heavy atom. The molecule has 0 aliphatic heterocycles. The Morgan fingerprint density at radius 2 is 1.94 bits per heavy atom. The maximum Gasteiger partial charge on any atom is 0.250 e. The van der Waals surface area contributed by atoms with E-state index in [0.717, 1.165) is 21.8 Å². The van der Waals surface area contributed by atoms with E-state index >= 15 is 0 Å². The number of halogens is 3. The van der Waals surface area contributed by atoms with Gasteiger partial charge < -0.3 is 4.57 Å². The number of pyridine rings is 1. The molecular weight excluding hydrogens is 339 g/mol. The van der Waals surface area contributed by atoms with E-state index in [1.54, 1.807) is 12.3 Å². The summed E-state index contributed by atoms with van der Waals surface area (Å²) in [4.78, 5) is 11.5. The number of nitrogens with zero attached hydrogens (tertiary/aromatic N) is 1. The van der Waals surface area contributed by atoms with Crippen molar-refractivity contribution in [2.45, 2.75) is 6.54 Å². The monoisotopic (exact) mass is 347 g/mol. The lowest BCUT2D eigenvalue weighted by Gasteiger charge is -2.07. The van der Waals surface area contributed by atoms with Crippen molar-refractivity contribution in [1.82, 2.24) is 4.57 Å². The van der Waals surface area contributed by atoms with Gasteiger partial charge in [0.15, 0.2) is 0 Å². The van der Waals surface area contributed by atoms with Gasteiger partial charge in [-0.3, -0.25) is 4.79 Å². The van der Waals surface area contributed by atoms with E-state index in [9.17, 15) is 13.6 Å². The van der Waals surface area contributed by atoms with Crippen molar-refractivity contribution in [3.8, 4) is 0 Å². The van der Waals surface area contributed by atoms with E-state index < -0.39 is 11.6 Å². The average Bonchev–Trinajstić information content (AvgIpc) is 2.28. The minimum Gasteiger partial charge on any atom is -0.310 e. The Balaban J connectivity index is 2.41. The number of hydrogen-bond donors (Lipinski definition) is 0. The van der Waals surface area contributed by atoms with Crippen LogP contribution in [-0.2, 0) is 6.54 Å². The van der Waals surface area contributed by atoms with Gasteiger partial charge in [0.25, 0.3) is 5.56 Å². The van der Waals surface area contributed by atoms with E-state index in [4.69, 9.17) is 0 Å². The predicted octanol–water partition coefficient (Wildman–Crippen LogP) is 2.78. The molecule has 1 aromatic heterocycles. The summed E-state index contributed by atoms with van der Waals surface area (Å²) in [5.41, 5.74) is -0.0804. The molecule has 2 nitrogen and oxygen atoms in total. The minimum atomic E-state index is -0.517. The van der Waals surface area contributed by atoms with Crippen molar-refractivity contribution >= 4 is 22.6 Å². The van der Waals surface area contributed by atoms with Crippen LogP contribution in [0.25, 0.3) is 0 Å². The highest BCUT2D eigenvalue weighted by Crippen LogP contribution is 2.11. The molecule has 0 amide bonds. The molecule has 0 unspecified atom stereocenters. The van der Waals surface area contributed by atoms with Gasteiger partial charge >= 0.3 is 0 Å². The molecule has 88 valence electrons. The summed E-state index contributed by atoms with van der Waals surface area (Å²) >= 11 is 2.05. The highest BCUT2D eigenvalue weighted by Gasteiger charge is 2.06. The van der Waals surface area contributed by atoms with Crippen LogP contribution in [0, 0.1) is 15.2 Å². The summed E-state index contributed by atoms with van der Waals surface area (Å²) in [6, 6.07) is 6.28. The third kappa shape index (κ3) is 2.91. The quantitative estimate of drug-likeness (QED) is 0.766. The molecule has 1 aromatic carbocycles. The Morgan fingerprint density at radius 1 is 1.18 bits per heavy atom. The van der Waals surface area contributed by atoms with Crippen LogP contribution < -0.4 is 5.56 Å². The molecule has 2 rings (SSSR count). The van der Waals surface area contributed by atoms with Gasteiger partial charge in [-0.05, 0) is 46.9 Å². The van der Waals surface area contributed by atoms with Crippen molar-refractivity contribution in [3.05, 3.63) is 67.7 Å². The van der Waals surface area contributed by atoms with E-state index in [1.165, 1.54) is 10.6 Å². The summed E-state index contributed by atoms with van der Waals surface area (Å²) in [6.07, 6.45) is 1.60. The molecule has 0 saturated heterocycles. The number of aromatic nitrogens is 1. The lowest BCUT2D eigenvalue weighted by Crippen LogP contribution is -2.19. The van der Waals surface area contributed by atoms with E-state index in [2.05, 4.69) is 22.6 Å². The summed E-state index contributed by atoms with van der Waals surface area (Å²) in [5.74, 6) is -1.03. The minimum absolute atomic E-state index is 0.0271. The molecule has 5 heteroatoms. The molecular formula is C12H8F2INO. The molecule has 17 heavy (non-hydrogen) atoms. The van der Waals surface area contributed by atoms with Crippen molar-refractivity contribution in [2.75, 3.05) is 0 Å². The SMILES string of the molecule is O=c1ccc(I)cn1Cc1cc(F)ccc1F. The second-order valence-electron chi connectivity index (χ2n) is 3.55. The fraction of sp³-hybridized carbons (Fsp3) is 0.0833. The highest BCUT2D eigenvalue weighted by atomic mass is 127. The molecule has 0 saturated carbocycles. The molecule has 0 aliphatic rings. The third-order valence-electron chi connectivity index (χ3n) is 2.30. The number of hydrogen-bond acceptors (Lipinski definition) is 1. The van der Waals surface area contributed by atoms with Crippen molar-refractivity contribution in [3.63, 3.8) is 0 Å². The van der Waals surface area contributed by atoms with Crippen molar-refractivity contribution in [1.29, 1.82) is 0 Å². The van der Waals surface area contributed by atoms with Crippen LogP contribution in [0.1, 0.15) is 5.56 Å². The van der Waals surface area contributed by atoms with Gasteiger partial charge in [0, 0.05) is 21.4 Å². The lowest BCUT2D eigenvalue weighted by atomic mass is 10.2. The van der Waals surface area contributed by atoms with Crippen molar-refractivity contribution < 1.29 is 8.78 Å². The molecule has 1 heterocycles. The van der Waals surface area contributed by atoms with Gasteiger partial charge in [-0.25, -0.2) is 8.78 Å². The third-order valence-corrected chi connectivity index (χ3v) is 2.93. The molecule has 0 aliphatic carbocycles. The van der Waals surface area contributed by atoms with Crippen LogP contribution in [0.2, 0.25) is 0 Å². The summed E-state index contributed by atoms with van der Waals surface area (Å²) in [7, 11) is 0. The second kappa shape index (κ2) is 4.95. The molecule has 0 fully saturated rings. The molecule has 0 N–H and O–H groups in total. The maximum absolute atomic E-state index is 13.4. The fourth-order valence-electron chi connectivity index (χ4n) is 1.47. The van der Waals surface area contributed by atoms with E-state index in [0.29, 0.717) is 0 Å². The first-order valence-corrected chi connectivity index (χ1v) is 5.94.